The summed E-state index contributed by atoms with van der Waals surface area (Å²) in [6, 6.07) is 7.75. The van der Waals surface area contributed by atoms with Crippen molar-refractivity contribution in [2.45, 2.75) is 5.92 Å². The van der Waals surface area contributed by atoms with Gasteiger partial charge in [0.15, 0.2) is 0 Å². The summed E-state index contributed by atoms with van der Waals surface area (Å²) in [6.07, 6.45) is 0. The molecule has 1 atom stereocenters. The quantitative estimate of drug-likeness (QED) is 0.638. The molecule has 1 aliphatic rings. The van der Waals surface area contributed by atoms with Gasteiger partial charge in [-0.2, -0.15) is 0 Å². The summed E-state index contributed by atoms with van der Waals surface area (Å²) in [4.78, 5) is 10.9. The van der Waals surface area contributed by atoms with Crippen molar-refractivity contribution < 1.29 is 4.79 Å². The second-order valence-electron chi connectivity index (χ2n) is 2.92. The van der Waals surface area contributed by atoms with Crippen LogP contribution in [0.25, 0.3) is 0 Å². The van der Waals surface area contributed by atoms with Gasteiger partial charge in [0.1, 0.15) is 0 Å². The maximum Gasteiger partial charge on any atom is 0.226 e. The van der Waals surface area contributed by atoms with Gasteiger partial charge in [-0.3, -0.25) is 4.79 Å². The van der Waals surface area contributed by atoms with Gasteiger partial charge in [-0.15, -0.1) is 0 Å². The third-order valence-electron chi connectivity index (χ3n) is 2.18. The van der Waals surface area contributed by atoms with E-state index in [2.05, 4.69) is 5.32 Å². The lowest BCUT2D eigenvalue weighted by Gasteiger charge is -2.02. The van der Waals surface area contributed by atoms with Crippen LogP contribution >= 0.6 is 0 Å². The van der Waals surface area contributed by atoms with Crippen molar-refractivity contribution in [3.05, 3.63) is 29.8 Å². The first kappa shape index (κ1) is 7.16. The van der Waals surface area contributed by atoms with Crippen LogP contribution in [0.3, 0.4) is 0 Å². The number of rotatable bonds is 1. The highest BCUT2D eigenvalue weighted by molar-refractivity contribution is 5.86. The molecule has 3 heteroatoms. The van der Waals surface area contributed by atoms with Gasteiger partial charge in [-0.05, 0) is 11.6 Å². The Bertz CT molecular complexity index is 322. The largest absolute Gasteiger partial charge is 0.384 e. The minimum Gasteiger partial charge on any atom is -0.384 e. The molecular formula is C9H10N2O. The lowest BCUT2D eigenvalue weighted by molar-refractivity contribution is -0.119. The Hall–Kier alpha value is -1.51. The SMILES string of the molecule is NC(=O)C1CNc2ccccc21. The maximum absolute atomic E-state index is 10.9. The highest BCUT2D eigenvalue weighted by Gasteiger charge is 2.25. The monoisotopic (exact) mass is 162 g/mol. The Kier molecular flexibility index (Phi) is 1.50. The van der Waals surface area contributed by atoms with E-state index in [4.69, 9.17) is 5.73 Å². The first-order chi connectivity index (χ1) is 5.79. The van der Waals surface area contributed by atoms with Crippen LogP contribution in [0.1, 0.15) is 11.5 Å². The standard InChI is InChI=1S/C9H10N2O/c10-9(12)7-5-11-8-4-2-1-3-6(7)8/h1-4,7,11H,5H2,(H2,10,12). The van der Waals surface area contributed by atoms with Crippen LogP contribution in [0.15, 0.2) is 24.3 Å². The van der Waals surface area contributed by atoms with Crippen molar-refractivity contribution >= 4 is 11.6 Å². The van der Waals surface area contributed by atoms with Crippen LogP contribution in [-0.2, 0) is 4.79 Å². The van der Waals surface area contributed by atoms with E-state index in [1.54, 1.807) is 0 Å². The van der Waals surface area contributed by atoms with Crippen LogP contribution in [0.2, 0.25) is 0 Å². The molecule has 0 fully saturated rings. The first-order valence-corrected chi connectivity index (χ1v) is 3.91. The number of nitrogens with two attached hydrogens (primary N) is 1. The van der Waals surface area contributed by atoms with E-state index < -0.39 is 0 Å². The van der Waals surface area contributed by atoms with Crippen LogP contribution in [0.5, 0.6) is 0 Å². The van der Waals surface area contributed by atoms with Crippen molar-refractivity contribution in [3.8, 4) is 0 Å². The lowest BCUT2D eigenvalue weighted by atomic mass is 10.0. The molecule has 1 heterocycles. The zero-order valence-corrected chi connectivity index (χ0v) is 6.58. The predicted molar refractivity (Wildman–Crippen MR) is 46.9 cm³/mol. The Labute approximate surface area is 70.6 Å². The average Bonchev–Trinajstić information content (AvgIpc) is 2.47. The van der Waals surface area contributed by atoms with E-state index in [1.807, 2.05) is 24.3 Å². The summed E-state index contributed by atoms with van der Waals surface area (Å²) in [5.74, 6) is -0.409. The molecule has 0 radical (unpaired) electrons. The fraction of sp³-hybridized carbons (Fsp3) is 0.222. The van der Waals surface area contributed by atoms with Gasteiger partial charge >= 0.3 is 0 Å². The fourth-order valence-electron chi connectivity index (χ4n) is 1.54. The highest BCUT2D eigenvalue weighted by atomic mass is 16.1. The number of anilines is 1. The van der Waals surface area contributed by atoms with E-state index in [1.165, 1.54) is 0 Å². The van der Waals surface area contributed by atoms with Crippen molar-refractivity contribution in [1.82, 2.24) is 0 Å². The molecule has 62 valence electrons. The van der Waals surface area contributed by atoms with Gasteiger partial charge in [-0.25, -0.2) is 0 Å². The second-order valence-corrected chi connectivity index (χ2v) is 2.92. The minimum absolute atomic E-state index is 0.152. The highest BCUT2D eigenvalue weighted by Crippen LogP contribution is 2.30. The number of amides is 1. The van der Waals surface area contributed by atoms with Crippen molar-refractivity contribution in [1.29, 1.82) is 0 Å². The maximum atomic E-state index is 10.9. The zero-order valence-electron chi connectivity index (χ0n) is 6.58. The molecule has 1 aliphatic heterocycles. The summed E-state index contributed by atoms with van der Waals surface area (Å²) in [5, 5.41) is 3.13. The molecule has 1 unspecified atom stereocenters. The normalized spacial score (nSPS) is 19.8. The first-order valence-electron chi connectivity index (χ1n) is 3.91. The van der Waals surface area contributed by atoms with E-state index >= 15 is 0 Å². The van der Waals surface area contributed by atoms with Gasteiger partial charge in [0.05, 0.1) is 5.92 Å². The molecule has 0 saturated heterocycles. The zero-order chi connectivity index (χ0) is 8.55. The molecule has 12 heavy (non-hydrogen) atoms. The molecule has 1 amide bonds. The van der Waals surface area contributed by atoms with E-state index in [-0.39, 0.29) is 11.8 Å². The molecule has 2 rings (SSSR count). The minimum atomic E-state index is -0.257. The number of hydrogen-bond acceptors (Lipinski definition) is 2. The van der Waals surface area contributed by atoms with Crippen molar-refractivity contribution in [3.63, 3.8) is 0 Å². The third-order valence-corrected chi connectivity index (χ3v) is 2.18. The van der Waals surface area contributed by atoms with Crippen LogP contribution in [0, 0.1) is 0 Å². The number of benzene rings is 1. The number of para-hydroxylation sites is 1. The Morgan fingerprint density at radius 1 is 1.50 bits per heavy atom. The van der Waals surface area contributed by atoms with Gasteiger partial charge < -0.3 is 11.1 Å². The summed E-state index contributed by atoms with van der Waals surface area (Å²) < 4.78 is 0. The number of carbonyl (C=O) groups is 1. The lowest BCUT2D eigenvalue weighted by Crippen LogP contribution is -2.22. The van der Waals surface area contributed by atoms with Gasteiger partial charge in [0.25, 0.3) is 0 Å². The molecule has 3 nitrogen and oxygen atoms in total. The van der Waals surface area contributed by atoms with E-state index in [0.29, 0.717) is 6.54 Å². The number of fused-ring (bicyclic) bond motifs is 1. The average molecular weight is 162 g/mol. The van der Waals surface area contributed by atoms with Gasteiger partial charge in [-0.1, -0.05) is 18.2 Å². The van der Waals surface area contributed by atoms with Crippen LogP contribution in [-0.4, -0.2) is 12.5 Å². The smallest absolute Gasteiger partial charge is 0.226 e. The summed E-state index contributed by atoms with van der Waals surface area (Å²) >= 11 is 0. The molecule has 3 N–H and O–H groups in total. The number of primary amides is 1. The number of nitrogens with one attached hydrogen (secondary N) is 1. The molecule has 0 aliphatic carbocycles. The van der Waals surface area contributed by atoms with Gasteiger partial charge in [0.2, 0.25) is 5.91 Å². The molecule has 0 spiro atoms. The molecular weight excluding hydrogens is 152 g/mol. The second kappa shape index (κ2) is 2.52. The molecule has 0 bridgehead atoms. The Morgan fingerprint density at radius 2 is 2.25 bits per heavy atom. The Morgan fingerprint density at radius 3 is 3.00 bits per heavy atom. The fourth-order valence-corrected chi connectivity index (χ4v) is 1.54. The van der Waals surface area contributed by atoms with Crippen molar-refractivity contribution in [2.24, 2.45) is 5.73 Å². The predicted octanol–water partition coefficient (Wildman–Crippen LogP) is 0.681. The van der Waals surface area contributed by atoms with E-state index in [0.717, 1.165) is 11.3 Å². The summed E-state index contributed by atoms with van der Waals surface area (Å²) in [6.45, 7) is 0.634. The molecule has 0 aromatic heterocycles. The molecule has 0 saturated carbocycles. The van der Waals surface area contributed by atoms with Crippen LogP contribution < -0.4 is 11.1 Å². The summed E-state index contributed by atoms with van der Waals surface area (Å²) in [5.41, 5.74) is 7.28. The van der Waals surface area contributed by atoms with Gasteiger partial charge in [0, 0.05) is 12.2 Å². The van der Waals surface area contributed by atoms with Crippen LogP contribution in [0.4, 0.5) is 5.69 Å². The van der Waals surface area contributed by atoms with Crippen molar-refractivity contribution in [2.75, 3.05) is 11.9 Å². The topological polar surface area (TPSA) is 55.1 Å². The Balaban J connectivity index is 2.42. The van der Waals surface area contributed by atoms with E-state index in [9.17, 15) is 4.79 Å². The number of carbonyl (C=O) groups excluding carboxylic acids is 1. The number of hydrogen-bond donors (Lipinski definition) is 2. The summed E-state index contributed by atoms with van der Waals surface area (Å²) in [7, 11) is 0. The third kappa shape index (κ3) is 0.942. The molecule has 1 aromatic carbocycles. The molecule has 1 aromatic rings.